The van der Waals surface area contributed by atoms with Gasteiger partial charge in [0.25, 0.3) is 0 Å². The van der Waals surface area contributed by atoms with E-state index < -0.39 is 0 Å². The first-order valence-electron chi connectivity index (χ1n) is 3.55. The topological polar surface area (TPSA) is 15.8 Å². The zero-order valence-electron chi connectivity index (χ0n) is 5.85. The average molecular weight is 123 g/mol. The smallest absolute Gasteiger partial charge is 0.0147 e. The van der Waals surface area contributed by atoms with Crippen molar-refractivity contribution in [2.45, 2.75) is 26.2 Å². The molecule has 0 aromatic carbocycles. The Hall–Kier alpha value is -0.720. The summed E-state index contributed by atoms with van der Waals surface area (Å²) in [5.41, 5.74) is 1.36. The normalized spacial score (nSPS) is 9.89. The maximum Gasteiger partial charge on any atom is 0.0147 e. The lowest BCUT2D eigenvalue weighted by molar-refractivity contribution is 0.781. The molecule has 0 aliphatic heterocycles. The molecule has 0 amide bonds. The lowest BCUT2D eigenvalue weighted by Gasteiger charge is -1.91. The molecule has 0 atom stereocenters. The maximum atomic E-state index is 3.17. The van der Waals surface area contributed by atoms with Crippen molar-refractivity contribution in [1.82, 2.24) is 4.98 Å². The van der Waals surface area contributed by atoms with Crippen molar-refractivity contribution >= 4 is 0 Å². The molecular formula is C8H13N. The van der Waals surface area contributed by atoms with Crippen LogP contribution >= 0.6 is 0 Å². The molecule has 1 aromatic heterocycles. The van der Waals surface area contributed by atoms with E-state index in [1.807, 2.05) is 12.3 Å². The van der Waals surface area contributed by atoms with Crippen LogP contribution in [0, 0.1) is 0 Å². The zero-order valence-corrected chi connectivity index (χ0v) is 5.85. The van der Waals surface area contributed by atoms with Crippen LogP contribution in [-0.4, -0.2) is 4.98 Å². The van der Waals surface area contributed by atoms with Gasteiger partial charge in [-0.3, -0.25) is 0 Å². The molecule has 1 heteroatoms. The van der Waals surface area contributed by atoms with Crippen LogP contribution in [0.4, 0.5) is 0 Å². The largest absolute Gasteiger partial charge is 0.365 e. The maximum absolute atomic E-state index is 3.17. The molecule has 1 aromatic rings. The molecule has 0 saturated carbocycles. The summed E-state index contributed by atoms with van der Waals surface area (Å²) < 4.78 is 0. The SMILES string of the molecule is CCCCc1ccc[nH]1. The Balaban J connectivity index is 2.30. The lowest BCUT2D eigenvalue weighted by atomic mass is 10.2. The zero-order chi connectivity index (χ0) is 6.53. The van der Waals surface area contributed by atoms with E-state index in [0.29, 0.717) is 0 Å². The highest BCUT2D eigenvalue weighted by atomic mass is 14.7. The Kier molecular flexibility index (Phi) is 2.37. The molecule has 1 nitrogen and oxygen atoms in total. The molecule has 0 saturated heterocycles. The predicted molar refractivity (Wildman–Crippen MR) is 39.4 cm³/mol. The number of hydrogen-bond donors (Lipinski definition) is 1. The molecule has 0 radical (unpaired) electrons. The van der Waals surface area contributed by atoms with E-state index in [4.69, 9.17) is 0 Å². The van der Waals surface area contributed by atoms with Crippen LogP contribution < -0.4 is 0 Å². The molecule has 9 heavy (non-hydrogen) atoms. The molecule has 0 spiro atoms. The second kappa shape index (κ2) is 3.33. The molecular weight excluding hydrogens is 110 g/mol. The van der Waals surface area contributed by atoms with Gasteiger partial charge in [0, 0.05) is 11.9 Å². The lowest BCUT2D eigenvalue weighted by Crippen LogP contribution is -1.81. The second-order valence-electron chi connectivity index (χ2n) is 2.30. The number of aromatic amines is 1. The Labute approximate surface area is 56.1 Å². The van der Waals surface area contributed by atoms with E-state index in [-0.39, 0.29) is 0 Å². The number of unbranched alkanes of at least 4 members (excludes halogenated alkanes) is 1. The fraction of sp³-hybridized carbons (Fsp3) is 0.500. The van der Waals surface area contributed by atoms with Crippen LogP contribution in [0.3, 0.4) is 0 Å². The van der Waals surface area contributed by atoms with E-state index in [2.05, 4.69) is 18.0 Å². The van der Waals surface area contributed by atoms with Crippen molar-refractivity contribution in [2.75, 3.05) is 0 Å². The van der Waals surface area contributed by atoms with Gasteiger partial charge in [0.1, 0.15) is 0 Å². The van der Waals surface area contributed by atoms with Crippen LogP contribution in [0.25, 0.3) is 0 Å². The van der Waals surface area contributed by atoms with Crippen molar-refractivity contribution in [3.05, 3.63) is 24.0 Å². The molecule has 50 valence electrons. The van der Waals surface area contributed by atoms with Gasteiger partial charge in [0.2, 0.25) is 0 Å². The van der Waals surface area contributed by atoms with E-state index in [9.17, 15) is 0 Å². The van der Waals surface area contributed by atoms with E-state index in [1.54, 1.807) is 0 Å². The summed E-state index contributed by atoms with van der Waals surface area (Å²) in [6.45, 7) is 2.21. The Morgan fingerprint density at radius 1 is 1.56 bits per heavy atom. The van der Waals surface area contributed by atoms with Gasteiger partial charge in [0.05, 0.1) is 0 Å². The minimum atomic E-state index is 1.20. The number of aryl methyl sites for hydroxylation is 1. The summed E-state index contributed by atoms with van der Waals surface area (Å²) >= 11 is 0. The van der Waals surface area contributed by atoms with E-state index in [0.717, 1.165) is 0 Å². The third kappa shape index (κ3) is 1.92. The number of aromatic nitrogens is 1. The third-order valence-electron chi connectivity index (χ3n) is 1.46. The monoisotopic (exact) mass is 123 g/mol. The fourth-order valence-electron chi connectivity index (χ4n) is 0.890. The predicted octanol–water partition coefficient (Wildman–Crippen LogP) is 2.36. The van der Waals surface area contributed by atoms with Crippen LogP contribution in [-0.2, 0) is 6.42 Å². The Morgan fingerprint density at radius 2 is 2.44 bits per heavy atom. The highest BCUT2D eigenvalue weighted by Crippen LogP contribution is 2.00. The van der Waals surface area contributed by atoms with Gasteiger partial charge in [-0.1, -0.05) is 13.3 Å². The number of rotatable bonds is 3. The first-order chi connectivity index (χ1) is 4.43. The third-order valence-corrected chi connectivity index (χ3v) is 1.46. The van der Waals surface area contributed by atoms with Crippen LogP contribution in [0.1, 0.15) is 25.5 Å². The van der Waals surface area contributed by atoms with Gasteiger partial charge < -0.3 is 4.98 Å². The van der Waals surface area contributed by atoms with E-state index in [1.165, 1.54) is 25.0 Å². The van der Waals surface area contributed by atoms with Crippen LogP contribution in [0.2, 0.25) is 0 Å². The number of hydrogen-bond acceptors (Lipinski definition) is 0. The van der Waals surface area contributed by atoms with Crippen molar-refractivity contribution in [3.63, 3.8) is 0 Å². The average Bonchev–Trinajstić information content (AvgIpc) is 2.34. The van der Waals surface area contributed by atoms with Gasteiger partial charge in [-0.05, 0) is 25.0 Å². The standard InChI is InChI=1S/C8H13N/c1-2-3-5-8-6-4-7-9-8/h4,6-7,9H,2-3,5H2,1H3. The van der Waals surface area contributed by atoms with Crippen LogP contribution in [0.15, 0.2) is 18.3 Å². The van der Waals surface area contributed by atoms with E-state index >= 15 is 0 Å². The number of H-pyrrole nitrogens is 1. The fourth-order valence-corrected chi connectivity index (χ4v) is 0.890. The quantitative estimate of drug-likeness (QED) is 0.635. The van der Waals surface area contributed by atoms with Crippen molar-refractivity contribution < 1.29 is 0 Å². The highest BCUT2D eigenvalue weighted by molar-refractivity contribution is 5.03. The Bertz CT molecular complexity index is 142. The molecule has 0 fully saturated rings. The summed E-state index contributed by atoms with van der Waals surface area (Å²) in [5.74, 6) is 0. The number of nitrogens with one attached hydrogen (secondary N) is 1. The summed E-state index contributed by atoms with van der Waals surface area (Å²) in [4.78, 5) is 3.17. The van der Waals surface area contributed by atoms with Crippen molar-refractivity contribution in [3.8, 4) is 0 Å². The minimum Gasteiger partial charge on any atom is -0.365 e. The minimum absolute atomic E-state index is 1.20. The first kappa shape index (κ1) is 6.40. The molecule has 0 unspecified atom stereocenters. The van der Waals surface area contributed by atoms with Gasteiger partial charge in [0.15, 0.2) is 0 Å². The summed E-state index contributed by atoms with van der Waals surface area (Å²) in [5, 5.41) is 0. The molecule has 1 heterocycles. The van der Waals surface area contributed by atoms with Gasteiger partial charge in [-0.25, -0.2) is 0 Å². The van der Waals surface area contributed by atoms with Gasteiger partial charge in [-0.2, -0.15) is 0 Å². The van der Waals surface area contributed by atoms with Gasteiger partial charge in [-0.15, -0.1) is 0 Å². The first-order valence-corrected chi connectivity index (χ1v) is 3.55. The van der Waals surface area contributed by atoms with Crippen molar-refractivity contribution in [2.24, 2.45) is 0 Å². The molecule has 0 bridgehead atoms. The molecule has 0 aliphatic rings. The molecule has 0 aliphatic carbocycles. The van der Waals surface area contributed by atoms with Crippen molar-refractivity contribution in [1.29, 1.82) is 0 Å². The highest BCUT2D eigenvalue weighted by Gasteiger charge is 1.88. The van der Waals surface area contributed by atoms with Crippen LogP contribution in [0.5, 0.6) is 0 Å². The second-order valence-corrected chi connectivity index (χ2v) is 2.30. The van der Waals surface area contributed by atoms with Gasteiger partial charge >= 0.3 is 0 Å². The molecule has 1 N–H and O–H groups in total. The summed E-state index contributed by atoms with van der Waals surface area (Å²) in [7, 11) is 0. The molecule has 1 rings (SSSR count). The summed E-state index contributed by atoms with van der Waals surface area (Å²) in [6.07, 6.45) is 5.74. The Morgan fingerprint density at radius 3 is 3.00 bits per heavy atom. The summed E-state index contributed by atoms with van der Waals surface area (Å²) in [6, 6.07) is 4.18.